The first-order valence-electron chi connectivity index (χ1n) is 11.2. The van der Waals surface area contributed by atoms with Crippen LogP contribution in [0.15, 0.2) is 65.6 Å². The third-order valence-corrected chi connectivity index (χ3v) is 7.14. The van der Waals surface area contributed by atoms with Crippen LogP contribution in [0.4, 0.5) is 5.95 Å². The van der Waals surface area contributed by atoms with E-state index in [1.807, 2.05) is 30.3 Å². The molecule has 1 amide bonds. The fraction of sp³-hybridized carbons (Fsp3) is 0.240. The first-order valence-corrected chi connectivity index (χ1v) is 12.7. The number of allylic oxidation sites excluding steroid dienone is 1. The Morgan fingerprint density at radius 2 is 1.88 bits per heavy atom. The maximum absolute atomic E-state index is 13.1. The number of rotatable bonds is 0. The van der Waals surface area contributed by atoms with Crippen LogP contribution < -0.4 is 14.8 Å². The van der Waals surface area contributed by atoms with E-state index in [2.05, 4.69) is 26.1 Å². The van der Waals surface area contributed by atoms with Gasteiger partial charge in [0.25, 0.3) is 15.9 Å². The van der Waals surface area contributed by atoms with Gasteiger partial charge in [-0.1, -0.05) is 48.9 Å². The van der Waals surface area contributed by atoms with Gasteiger partial charge in [0.2, 0.25) is 11.8 Å². The minimum absolute atomic E-state index is 0.0475. The highest BCUT2D eigenvalue weighted by Crippen LogP contribution is 2.28. The largest absolute Gasteiger partial charge is 0.475 e. The number of amides is 1. The molecule has 0 spiro atoms. The molecule has 0 unspecified atom stereocenters. The molecule has 2 aliphatic heterocycles. The summed E-state index contributed by atoms with van der Waals surface area (Å²) in [5.74, 6) is -0.221. The van der Waals surface area contributed by atoms with Gasteiger partial charge < -0.3 is 10.1 Å². The van der Waals surface area contributed by atoms with Crippen molar-refractivity contribution in [3.05, 3.63) is 71.8 Å². The highest BCUT2D eigenvalue weighted by atomic mass is 32.2. The monoisotopic (exact) mass is 476 g/mol. The molecule has 2 aromatic carbocycles. The lowest BCUT2D eigenvalue weighted by atomic mass is 10.0. The van der Waals surface area contributed by atoms with Crippen molar-refractivity contribution in [2.75, 3.05) is 11.3 Å². The maximum atomic E-state index is 13.1. The second kappa shape index (κ2) is 9.26. The minimum atomic E-state index is -4.04. The average molecular weight is 477 g/mol. The second-order valence-corrected chi connectivity index (χ2v) is 9.99. The second-order valence-electron chi connectivity index (χ2n) is 8.30. The van der Waals surface area contributed by atoms with Crippen molar-refractivity contribution in [3.63, 3.8) is 0 Å². The molecule has 174 valence electrons. The molecule has 9 heteroatoms. The van der Waals surface area contributed by atoms with Gasteiger partial charge in [0.05, 0.1) is 16.6 Å². The van der Waals surface area contributed by atoms with Crippen LogP contribution in [0.3, 0.4) is 0 Å². The van der Waals surface area contributed by atoms with Crippen molar-refractivity contribution in [2.45, 2.75) is 36.6 Å². The van der Waals surface area contributed by atoms with Crippen molar-refractivity contribution in [1.29, 1.82) is 0 Å². The maximum Gasteiger partial charge on any atom is 0.264 e. The zero-order chi connectivity index (χ0) is 23.5. The standard InChI is InChI=1S/C25H24N4O4S/c30-24-18-10-7-12-20(14-18)34(31,32)29-25-27-22-15-23(28-25)33-16-19(26-24)11-4-2-1-3-8-17-9-5-6-13-21(17)22/h3,5-10,12-15,19H,1-2,4,11,16H2,(H,26,30)(H,27,28,29)/b8-3+/t19-/m1/s1. The van der Waals surface area contributed by atoms with E-state index >= 15 is 0 Å². The lowest BCUT2D eigenvalue weighted by Crippen LogP contribution is -2.39. The van der Waals surface area contributed by atoms with E-state index in [0.29, 0.717) is 5.69 Å². The summed E-state index contributed by atoms with van der Waals surface area (Å²) in [6.45, 7) is 0.200. The van der Waals surface area contributed by atoms with Gasteiger partial charge in [-0.15, -0.1) is 0 Å². The first-order chi connectivity index (χ1) is 16.5. The Bertz CT molecular complexity index is 1370. The van der Waals surface area contributed by atoms with Crippen molar-refractivity contribution in [3.8, 4) is 17.1 Å². The number of benzene rings is 2. The topological polar surface area (TPSA) is 110 Å². The molecule has 1 aromatic heterocycles. The van der Waals surface area contributed by atoms with Gasteiger partial charge in [-0.2, -0.15) is 4.98 Å². The molecular formula is C25H24N4O4S. The number of aromatic nitrogens is 2. The van der Waals surface area contributed by atoms with Crippen molar-refractivity contribution >= 4 is 28.0 Å². The molecule has 6 bridgehead atoms. The van der Waals surface area contributed by atoms with Crippen LogP contribution >= 0.6 is 0 Å². The van der Waals surface area contributed by atoms with Crippen LogP contribution in [-0.2, 0) is 10.0 Å². The summed E-state index contributed by atoms with van der Waals surface area (Å²) in [7, 11) is -4.04. The smallest absolute Gasteiger partial charge is 0.264 e. The highest BCUT2D eigenvalue weighted by Gasteiger charge is 2.22. The summed E-state index contributed by atoms with van der Waals surface area (Å²) >= 11 is 0. The molecule has 0 saturated carbocycles. The van der Waals surface area contributed by atoms with Crippen LogP contribution in [-0.4, -0.2) is 36.9 Å². The zero-order valence-corrected chi connectivity index (χ0v) is 19.2. The molecule has 5 rings (SSSR count). The van der Waals surface area contributed by atoms with Crippen molar-refractivity contribution in [2.24, 2.45) is 0 Å². The van der Waals surface area contributed by atoms with Crippen molar-refractivity contribution < 1.29 is 17.9 Å². The Kier molecular flexibility index (Phi) is 6.02. The van der Waals surface area contributed by atoms with E-state index in [1.54, 1.807) is 18.2 Å². The Balaban J connectivity index is 1.68. The number of anilines is 1. The first kappa shape index (κ1) is 22.1. The quantitative estimate of drug-likeness (QED) is 0.507. The number of carbonyl (C=O) groups is 1. The number of sulfonamides is 1. The van der Waals surface area contributed by atoms with E-state index in [0.717, 1.165) is 36.8 Å². The van der Waals surface area contributed by atoms with Crippen LogP contribution in [0.5, 0.6) is 5.88 Å². The third-order valence-electron chi connectivity index (χ3n) is 5.81. The van der Waals surface area contributed by atoms with Gasteiger partial charge in [0.15, 0.2) is 0 Å². The molecule has 0 radical (unpaired) electrons. The third kappa shape index (κ3) is 4.79. The zero-order valence-electron chi connectivity index (χ0n) is 18.4. The number of ether oxygens (including phenoxy) is 1. The molecule has 3 heterocycles. The lowest BCUT2D eigenvalue weighted by Gasteiger charge is -2.19. The van der Waals surface area contributed by atoms with Gasteiger partial charge in [-0.25, -0.2) is 18.1 Å². The summed E-state index contributed by atoms with van der Waals surface area (Å²) in [5, 5.41) is 2.99. The van der Waals surface area contributed by atoms with E-state index in [9.17, 15) is 13.2 Å². The van der Waals surface area contributed by atoms with E-state index < -0.39 is 10.0 Å². The number of nitrogens with one attached hydrogen (secondary N) is 2. The number of hydrogen-bond acceptors (Lipinski definition) is 6. The van der Waals surface area contributed by atoms with E-state index in [-0.39, 0.29) is 40.8 Å². The van der Waals surface area contributed by atoms with Gasteiger partial charge in [0, 0.05) is 17.2 Å². The fourth-order valence-corrected chi connectivity index (χ4v) is 5.05. The van der Waals surface area contributed by atoms with Gasteiger partial charge in [-0.05, 0) is 43.0 Å². The summed E-state index contributed by atoms with van der Waals surface area (Å²) in [4.78, 5) is 21.7. The molecule has 0 aliphatic carbocycles. The minimum Gasteiger partial charge on any atom is -0.475 e. The van der Waals surface area contributed by atoms with Crippen LogP contribution in [0.25, 0.3) is 17.3 Å². The lowest BCUT2D eigenvalue weighted by molar-refractivity contribution is 0.0916. The van der Waals surface area contributed by atoms with Crippen LogP contribution in [0.1, 0.15) is 41.6 Å². The van der Waals surface area contributed by atoms with Gasteiger partial charge in [0.1, 0.15) is 6.61 Å². The Morgan fingerprint density at radius 1 is 1.00 bits per heavy atom. The van der Waals surface area contributed by atoms with Crippen molar-refractivity contribution in [1.82, 2.24) is 15.3 Å². The van der Waals surface area contributed by atoms with E-state index in [1.165, 1.54) is 12.1 Å². The Morgan fingerprint density at radius 3 is 2.79 bits per heavy atom. The molecule has 8 nitrogen and oxygen atoms in total. The van der Waals surface area contributed by atoms with Crippen LogP contribution in [0, 0.1) is 0 Å². The Labute approximate surface area is 198 Å². The predicted octanol–water partition coefficient (Wildman–Crippen LogP) is 4.02. The highest BCUT2D eigenvalue weighted by molar-refractivity contribution is 7.92. The predicted molar refractivity (Wildman–Crippen MR) is 129 cm³/mol. The molecule has 0 fully saturated rings. The molecule has 2 aliphatic rings. The summed E-state index contributed by atoms with van der Waals surface area (Å²) < 4.78 is 34.6. The summed E-state index contributed by atoms with van der Waals surface area (Å²) in [6.07, 6.45) is 7.66. The summed E-state index contributed by atoms with van der Waals surface area (Å²) in [6, 6.07) is 15.1. The number of nitrogens with zero attached hydrogens (tertiary/aromatic N) is 2. The molecule has 1 atom stereocenters. The molecule has 3 aromatic rings. The Hall–Kier alpha value is -3.72. The number of hydrogen-bond donors (Lipinski definition) is 2. The molecule has 34 heavy (non-hydrogen) atoms. The fourth-order valence-electron chi connectivity index (χ4n) is 4.06. The SMILES string of the molecule is O=C1N[C@@H]2CCCC/C=C/c3ccccc3-c3cc(nc(n3)NS(=O)(=O)c3cccc1c3)OC2. The number of fused-ring (bicyclic) bond motifs is 8. The number of carbonyl (C=O) groups excluding carboxylic acids is 1. The average Bonchev–Trinajstić information content (AvgIpc) is 2.83. The summed E-state index contributed by atoms with van der Waals surface area (Å²) in [5.41, 5.74) is 2.59. The van der Waals surface area contributed by atoms with Gasteiger partial charge >= 0.3 is 0 Å². The van der Waals surface area contributed by atoms with Crippen LogP contribution in [0.2, 0.25) is 0 Å². The molecule has 0 saturated heterocycles. The van der Waals surface area contributed by atoms with Gasteiger partial charge in [-0.3, -0.25) is 4.79 Å². The molecular weight excluding hydrogens is 452 g/mol. The van der Waals surface area contributed by atoms with E-state index in [4.69, 9.17) is 4.74 Å². The normalized spacial score (nSPS) is 20.4. The molecule has 2 N–H and O–H groups in total.